The minimum atomic E-state index is -0.212. The molecule has 1 fully saturated rings. The Balaban J connectivity index is 2.19. The van der Waals surface area contributed by atoms with Crippen LogP contribution in [0.1, 0.15) is 19.3 Å². The van der Waals surface area contributed by atoms with Crippen molar-refractivity contribution in [3.05, 3.63) is 11.8 Å². The fraction of sp³-hybridized carbons (Fsp3) is 0.600. The molecule has 3 atom stereocenters. The summed E-state index contributed by atoms with van der Waals surface area (Å²) in [7, 11) is 0. The first-order valence-corrected chi connectivity index (χ1v) is 5.15. The van der Waals surface area contributed by atoms with Crippen LogP contribution in [0.15, 0.2) is 11.8 Å². The fourth-order valence-corrected chi connectivity index (χ4v) is 2.37. The van der Waals surface area contributed by atoms with Gasteiger partial charge in [0.05, 0.1) is 17.8 Å². The lowest BCUT2D eigenvalue weighted by molar-refractivity contribution is -0.128. The average molecular weight is 215 g/mol. The average Bonchev–Trinajstić information content (AvgIpc) is 2.20. The highest BCUT2D eigenvalue weighted by atomic mass is 35.5. The number of ketones is 1. The molecule has 0 aromatic carbocycles. The van der Waals surface area contributed by atoms with E-state index in [0.717, 1.165) is 12.8 Å². The topological polar surface area (TPSA) is 43.4 Å². The molecule has 1 aliphatic heterocycles. The van der Waals surface area contributed by atoms with Crippen molar-refractivity contribution < 1.29 is 14.3 Å². The summed E-state index contributed by atoms with van der Waals surface area (Å²) < 4.78 is 5.33. The van der Waals surface area contributed by atoms with Gasteiger partial charge in [-0.05, 0) is 19.3 Å². The van der Waals surface area contributed by atoms with Crippen molar-refractivity contribution in [2.24, 2.45) is 5.92 Å². The van der Waals surface area contributed by atoms with Gasteiger partial charge in [-0.25, -0.2) is 0 Å². The highest BCUT2D eigenvalue weighted by Crippen LogP contribution is 2.34. The molecule has 4 heteroatoms. The molecule has 3 unspecified atom stereocenters. The molecule has 1 saturated carbocycles. The van der Waals surface area contributed by atoms with E-state index in [-0.39, 0.29) is 28.8 Å². The summed E-state index contributed by atoms with van der Waals surface area (Å²) >= 11 is 5.98. The number of ether oxygens (including phenoxy) is 1. The zero-order valence-electron chi connectivity index (χ0n) is 7.61. The number of hydrogen-bond acceptors (Lipinski definition) is 3. The smallest absolute Gasteiger partial charge is 0.176 e. The number of rotatable bonds is 1. The van der Waals surface area contributed by atoms with Gasteiger partial charge in [-0.2, -0.15) is 0 Å². The summed E-state index contributed by atoms with van der Waals surface area (Å²) in [5.41, 5.74) is 0.136. The van der Waals surface area contributed by atoms with E-state index in [1.807, 2.05) is 0 Å². The first-order chi connectivity index (χ1) is 6.72. The van der Waals surface area contributed by atoms with Gasteiger partial charge in [0.15, 0.2) is 12.1 Å². The largest absolute Gasteiger partial charge is 0.496 e. The van der Waals surface area contributed by atoms with E-state index in [0.29, 0.717) is 12.7 Å². The molecule has 0 N–H and O–H groups in total. The van der Waals surface area contributed by atoms with Crippen LogP contribution < -0.4 is 0 Å². The highest BCUT2D eigenvalue weighted by molar-refractivity contribution is 6.21. The predicted octanol–water partition coefficient (Wildman–Crippen LogP) is 1.44. The summed E-state index contributed by atoms with van der Waals surface area (Å²) in [4.78, 5) is 22.2. The van der Waals surface area contributed by atoms with E-state index in [1.54, 1.807) is 0 Å². The fourth-order valence-electron chi connectivity index (χ4n) is 2.05. The molecule has 2 rings (SSSR count). The molecule has 14 heavy (non-hydrogen) atoms. The number of allylic oxidation sites excluding steroid dienone is 1. The molecule has 2 aliphatic rings. The normalized spacial score (nSPS) is 36.8. The van der Waals surface area contributed by atoms with Crippen LogP contribution in [0.3, 0.4) is 0 Å². The maximum atomic E-state index is 11.7. The molecule has 0 radical (unpaired) electrons. The molecule has 1 aliphatic carbocycles. The molecule has 0 aromatic rings. The van der Waals surface area contributed by atoms with Gasteiger partial charge < -0.3 is 4.74 Å². The van der Waals surface area contributed by atoms with Crippen LogP contribution in [0.2, 0.25) is 0 Å². The van der Waals surface area contributed by atoms with Crippen molar-refractivity contribution >= 4 is 23.7 Å². The Morgan fingerprint density at radius 2 is 2.29 bits per heavy atom. The number of fused-ring (bicyclic) bond motifs is 1. The Morgan fingerprint density at radius 3 is 3.00 bits per heavy atom. The number of hydrogen-bond donors (Lipinski definition) is 0. The van der Waals surface area contributed by atoms with Crippen molar-refractivity contribution in [3.8, 4) is 0 Å². The van der Waals surface area contributed by atoms with Crippen molar-refractivity contribution in [1.82, 2.24) is 0 Å². The van der Waals surface area contributed by atoms with Gasteiger partial charge in [0.25, 0.3) is 0 Å². The van der Waals surface area contributed by atoms with E-state index in [2.05, 4.69) is 0 Å². The number of carbonyl (C=O) groups excluding carboxylic acids is 2. The zero-order valence-corrected chi connectivity index (χ0v) is 8.37. The van der Waals surface area contributed by atoms with Crippen LogP contribution in [-0.4, -0.2) is 23.6 Å². The van der Waals surface area contributed by atoms with Gasteiger partial charge in [0, 0.05) is 5.38 Å². The zero-order chi connectivity index (χ0) is 10.1. The van der Waals surface area contributed by atoms with Crippen LogP contribution in [0.5, 0.6) is 0 Å². The van der Waals surface area contributed by atoms with Crippen molar-refractivity contribution in [2.45, 2.75) is 30.7 Å². The standard InChI is InChI=1S/C10H11ClO3/c11-7-1-2-9-8(3-7)10(13)6(4-12)5-14-9/h4-5,7-9H,1-3H2. The summed E-state index contributed by atoms with van der Waals surface area (Å²) in [6, 6.07) is 0. The minimum absolute atomic E-state index is 0.0369. The predicted molar refractivity (Wildman–Crippen MR) is 51.0 cm³/mol. The number of halogens is 1. The van der Waals surface area contributed by atoms with E-state index < -0.39 is 0 Å². The van der Waals surface area contributed by atoms with Crippen LogP contribution in [0.4, 0.5) is 0 Å². The maximum absolute atomic E-state index is 11.7. The Morgan fingerprint density at radius 1 is 1.50 bits per heavy atom. The molecular formula is C10H11ClO3. The molecule has 3 nitrogen and oxygen atoms in total. The van der Waals surface area contributed by atoms with Gasteiger partial charge in [0.2, 0.25) is 0 Å². The van der Waals surface area contributed by atoms with Crippen LogP contribution in [-0.2, 0) is 14.3 Å². The second-order valence-corrected chi connectivity index (χ2v) is 4.36. The summed E-state index contributed by atoms with van der Waals surface area (Å²) in [6.07, 6.45) is 4.06. The van der Waals surface area contributed by atoms with Crippen LogP contribution in [0, 0.1) is 5.92 Å². The number of alkyl halides is 1. The monoisotopic (exact) mass is 214 g/mol. The Labute approximate surface area is 87.1 Å². The molecule has 0 spiro atoms. The van der Waals surface area contributed by atoms with Crippen molar-refractivity contribution in [3.63, 3.8) is 0 Å². The minimum Gasteiger partial charge on any atom is -0.496 e. The van der Waals surface area contributed by atoms with E-state index in [1.165, 1.54) is 6.26 Å². The van der Waals surface area contributed by atoms with Crippen molar-refractivity contribution in [1.29, 1.82) is 0 Å². The molecule has 0 saturated heterocycles. The first kappa shape index (κ1) is 9.71. The van der Waals surface area contributed by atoms with Gasteiger partial charge >= 0.3 is 0 Å². The van der Waals surface area contributed by atoms with Gasteiger partial charge in [-0.3, -0.25) is 9.59 Å². The third-order valence-electron chi connectivity index (χ3n) is 2.84. The first-order valence-electron chi connectivity index (χ1n) is 4.71. The van der Waals surface area contributed by atoms with E-state index in [4.69, 9.17) is 16.3 Å². The van der Waals surface area contributed by atoms with Crippen LogP contribution in [0.25, 0.3) is 0 Å². The lowest BCUT2D eigenvalue weighted by Crippen LogP contribution is -2.40. The lowest BCUT2D eigenvalue weighted by Gasteiger charge is -2.34. The second-order valence-electron chi connectivity index (χ2n) is 3.75. The molecule has 0 bridgehead atoms. The third-order valence-corrected chi connectivity index (χ3v) is 3.24. The SMILES string of the molecule is O=CC1=COC2CCC(Cl)CC2C1=O. The number of Topliss-reactive ketones (excluding diaryl/α,β-unsaturated/α-hetero) is 1. The Hall–Kier alpha value is -0.830. The Bertz CT molecular complexity index is 298. The molecular weight excluding hydrogens is 204 g/mol. The quantitative estimate of drug-likeness (QED) is 0.377. The number of aldehydes is 1. The van der Waals surface area contributed by atoms with Gasteiger partial charge in [-0.1, -0.05) is 0 Å². The molecule has 0 aromatic heterocycles. The number of carbonyl (C=O) groups is 2. The summed E-state index contributed by atoms with van der Waals surface area (Å²) in [5.74, 6) is -0.321. The molecule has 1 heterocycles. The lowest BCUT2D eigenvalue weighted by atomic mass is 9.80. The summed E-state index contributed by atoms with van der Waals surface area (Å²) in [6.45, 7) is 0. The highest BCUT2D eigenvalue weighted by Gasteiger charge is 2.39. The van der Waals surface area contributed by atoms with E-state index in [9.17, 15) is 9.59 Å². The second kappa shape index (κ2) is 3.73. The Kier molecular flexibility index (Phi) is 2.59. The third kappa shape index (κ3) is 1.57. The van der Waals surface area contributed by atoms with Gasteiger partial charge in [-0.15, -0.1) is 11.6 Å². The molecule has 0 amide bonds. The summed E-state index contributed by atoms with van der Waals surface area (Å²) in [5, 5.41) is 0.0369. The molecule has 76 valence electrons. The van der Waals surface area contributed by atoms with Gasteiger partial charge in [0.1, 0.15) is 6.10 Å². The van der Waals surface area contributed by atoms with Crippen LogP contribution >= 0.6 is 11.6 Å². The maximum Gasteiger partial charge on any atom is 0.176 e. The van der Waals surface area contributed by atoms with E-state index >= 15 is 0 Å². The van der Waals surface area contributed by atoms with Crippen molar-refractivity contribution in [2.75, 3.05) is 0 Å².